The maximum atomic E-state index is 12.3. The first-order chi connectivity index (χ1) is 8.45. The second-order valence-electron chi connectivity index (χ2n) is 4.38. The lowest BCUT2D eigenvalue weighted by Gasteiger charge is -2.17. The lowest BCUT2D eigenvalue weighted by molar-refractivity contribution is 0.524. The van der Waals surface area contributed by atoms with Crippen LogP contribution in [0.25, 0.3) is 0 Å². The number of hydrogen-bond acceptors (Lipinski definition) is 2. The Balaban J connectivity index is 2.71. The van der Waals surface area contributed by atoms with Crippen LogP contribution >= 0.6 is 23.2 Å². The summed E-state index contributed by atoms with van der Waals surface area (Å²) in [6.07, 6.45) is 0.862. The van der Waals surface area contributed by atoms with Crippen molar-refractivity contribution in [1.29, 1.82) is 0 Å². The molecule has 1 rings (SSSR count). The van der Waals surface area contributed by atoms with Gasteiger partial charge in [-0.2, -0.15) is 0 Å². The van der Waals surface area contributed by atoms with E-state index in [1.165, 1.54) is 0 Å². The molecule has 0 aromatic heterocycles. The van der Waals surface area contributed by atoms with Gasteiger partial charge >= 0.3 is 0 Å². The minimum atomic E-state index is -1.05. The molecule has 1 N–H and O–H groups in total. The minimum Gasteiger partial charge on any atom is -0.314 e. The predicted octanol–water partition coefficient (Wildman–Crippen LogP) is 3.88. The summed E-state index contributed by atoms with van der Waals surface area (Å²) in [7, 11) is -1.05. The van der Waals surface area contributed by atoms with Gasteiger partial charge in [0.05, 0.1) is 20.8 Å². The van der Waals surface area contributed by atoms with Crippen LogP contribution in [-0.4, -0.2) is 22.0 Å². The van der Waals surface area contributed by atoms with E-state index >= 15 is 0 Å². The average molecular weight is 308 g/mol. The standard InChI is InChI=1S/C13H19Cl2NOS/c1-4-16-9(2)7-10(3)18(17)11-5-6-12(14)13(15)8-11/h5-6,8-10,16H,4,7H2,1-3H3. The summed E-state index contributed by atoms with van der Waals surface area (Å²) < 4.78 is 12.3. The lowest BCUT2D eigenvalue weighted by atomic mass is 10.2. The molecule has 0 aliphatic carbocycles. The van der Waals surface area contributed by atoms with Crippen LogP contribution in [-0.2, 0) is 10.8 Å². The average Bonchev–Trinajstić information content (AvgIpc) is 2.32. The first-order valence-electron chi connectivity index (χ1n) is 6.04. The van der Waals surface area contributed by atoms with Crippen LogP contribution in [0.5, 0.6) is 0 Å². The maximum absolute atomic E-state index is 12.3. The van der Waals surface area contributed by atoms with E-state index < -0.39 is 10.8 Å². The normalized spacial score (nSPS) is 16.3. The Morgan fingerprint density at radius 3 is 2.50 bits per heavy atom. The number of rotatable bonds is 6. The molecule has 0 spiro atoms. The Hall–Kier alpha value is -0.0900. The van der Waals surface area contributed by atoms with Gasteiger partial charge in [-0.15, -0.1) is 0 Å². The fourth-order valence-corrected chi connectivity index (χ4v) is 3.58. The lowest BCUT2D eigenvalue weighted by Crippen LogP contribution is -2.30. The molecule has 2 nitrogen and oxygen atoms in total. The van der Waals surface area contributed by atoms with E-state index in [-0.39, 0.29) is 5.25 Å². The summed E-state index contributed by atoms with van der Waals surface area (Å²) in [4.78, 5) is 0.737. The van der Waals surface area contributed by atoms with E-state index in [2.05, 4.69) is 19.2 Å². The zero-order valence-electron chi connectivity index (χ0n) is 10.9. The fraction of sp³-hybridized carbons (Fsp3) is 0.538. The molecular weight excluding hydrogens is 289 g/mol. The summed E-state index contributed by atoms with van der Waals surface area (Å²) >= 11 is 11.8. The summed E-state index contributed by atoms with van der Waals surface area (Å²) in [5, 5.41) is 4.35. The molecule has 3 atom stereocenters. The summed E-state index contributed by atoms with van der Waals surface area (Å²) in [6.45, 7) is 7.09. The molecule has 0 bridgehead atoms. The van der Waals surface area contributed by atoms with E-state index in [1.807, 2.05) is 6.92 Å². The van der Waals surface area contributed by atoms with Gasteiger partial charge in [0.2, 0.25) is 0 Å². The Labute approximate surface area is 122 Å². The van der Waals surface area contributed by atoms with Gasteiger partial charge < -0.3 is 5.32 Å². The molecule has 0 aliphatic rings. The zero-order chi connectivity index (χ0) is 13.7. The first kappa shape index (κ1) is 16.0. The Morgan fingerprint density at radius 1 is 1.28 bits per heavy atom. The molecule has 1 aromatic carbocycles. The highest BCUT2D eigenvalue weighted by Gasteiger charge is 2.17. The van der Waals surface area contributed by atoms with Crippen molar-refractivity contribution in [1.82, 2.24) is 5.32 Å². The second-order valence-corrected chi connectivity index (χ2v) is 7.06. The van der Waals surface area contributed by atoms with Crippen LogP contribution < -0.4 is 5.32 Å². The van der Waals surface area contributed by atoms with Crippen LogP contribution in [0.1, 0.15) is 27.2 Å². The topological polar surface area (TPSA) is 29.1 Å². The SMILES string of the molecule is CCNC(C)CC(C)S(=O)c1ccc(Cl)c(Cl)c1. The Bertz CT molecular complexity index is 425. The van der Waals surface area contributed by atoms with Crippen LogP contribution in [0.4, 0.5) is 0 Å². The molecular formula is C13H19Cl2NOS. The molecule has 5 heteroatoms. The molecule has 18 heavy (non-hydrogen) atoms. The van der Waals surface area contributed by atoms with Gasteiger partial charge in [0.15, 0.2) is 0 Å². The van der Waals surface area contributed by atoms with Crippen molar-refractivity contribution in [2.45, 2.75) is 43.4 Å². The van der Waals surface area contributed by atoms with Crippen LogP contribution in [0, 0.1) is 0 Å². The van der Waals surface area contributed by atoms with E-state index in [0.717, 1.165) is 17.9 Å². The van der Waals surface area contributed by atoms with Crippen molar-refractivity contribution >= 4 is 34.0 Å². The van der Waals surface area contributed by atoms with Crippen LogP contribution in [0.2, 0.25) is 10.0 Å². The monoisotopic (exact) mass is 307 g/mol. The molecule has 0 fully saturated rings. The molecule has 102 valence electrons. The van der Waals surface area contributed by atoms with Gasteiger partial charge in [-0.25, -0.2) is 0 Å². The molecule has 0 aliphatic heterocycles. The fourth-order valence-electron chi connectivity index (χ4n) is 1.85. The molecule has 1 aromatic rings. The molecule has 0 amide bonds. The maximum Gasteiger partial charge on any atom is 0.0604 e. The van der Waals surface area contributed by atoms with Crippen molar-refractivity contribution in [2.75, 3.05) is 6.54 Å². The summed E-state index contributed by atoms with van der Waals surface area (Å²) in [5.41, 5.74) is 0. The second kappa shape index (κ2) is 7.49. The third-order valence-corrected chi connectivity index (χ3v) is 5.11. The third-order valence-electron chi connectivity index (χ3n) is 2.73. The summed E-state index contributed by atoms with van der Waals surface area (Å²) in [5.74, 6) is 0. The van der Waals surface area contributed by atoms with Gasteiger partial charge in [0.25, 0.3) is 0 Å². The number of halogens is 2. The molecule has 0 saturated carbocycles. The van der Waals surface area contributed by atoms with E-state index in [0.29, 0.717) is 16.1 Å². The summed E-state index contributed by atoms with van der Waals surface area (Å²) in [6, 6.07) is 5.52. The van der Waals surface area contributed by atoms with E-state index in [9.17, 15) is 4.21 Å². The van der Waals surface area contributed by atoms with Crippen molar-refractivity contribution in [3.05, 3.63) is 28.2 Å². The zero-order valence-corrected chi connectivity index (χ0v) is 13.2. The van der Waals surface area contributed by atoms with Crippen LogP contribution in [0.15, 0.2) is 23.1 Å². The quantitative estimate of drug-likeness (QED) is 0.864. The van der Waals surface area contributed by atoms with Crippen molar-refractivity contribution in [2.24, 2.45) is 0 Å². The highest BCUT2D eigenvalue weighted by Crippen LogP contribution is 2.25. The minimum absolute atomic E-state index is 0.0799. The highest BCUT2D eigenvalue weighted by molar-refractivity contribution is 7.85. The van der Waals surface area contributed by atoms with Gasteiger partial charge in [-0.3, -0.25) is 4.21 Å². The van der Waals surface area contributed by atoms with E-state index in [1.54, 1.807) is 18.2 Å². The van der Waals surface area contributed by atoms with Gasteiger partial charge in [-0.05, 0) is 38.1 Å². The number of benzene rings is 1. The molecule has 0 saturated heterocycles. The van der Waals surface area contributed by atoms with Crippen molar-refractivity contribution in [3.8, 4) is 0 Å². The van der Waals surface area contributed by atoms with E-state index in [4.69, 9.17) is 23.2 Å². The van der Waals surface area contributed by atoms with Gasteiger partial charge in [0, 0.05) is 16.2 Å². The number of hydrogen-bond donors (Lipinski definition) is 1. The van der Waals surface area contributed by atoms with Crippen molar-refractivity contribution in [3.63, 3.8) is 0 Å². The van der Waals surface area contributed by atoms with Gasteiger partial charge in [-0.1, -0.05) is 37.0 Å². The molecule has 0 radical (unpaired) electrons. The smallest absolute Gasteiger partial charge is 0.0604 e. The van der Waals surface area contributed by atoms with Crippen molar-refractivity contribution < 1.29 is 4.21 Å². The first-order valence-corrected chi connectivity index (χ1v) is 8.01. The molecule has 3 unspecified atom stereocenters. The molecule has 0 heterocycles. The third kappa shape index (κ3) is 4.54. The number of nitrogens with one attached hydrogen (secondary N) is 1. The Morgan fingerprint density at radius 2 is 1.94 bits per heavy atom. The van der Waals surface area contributed by atoms with Crippen LogP contribution in [0.3, 0.4) is 0 Å². The van der Waals surface area contributed by atoms with Gasteiger partial charge in [0.1, 0.15) is 0 Å². The highest BCUT2D eigenvalue weighted by atomic mass is 35.5. The Kier molecular flexibility index (Phi) is 6.64. The largest absolute Gasteiger partial charge is 0.314 e. The predicted molar refractivity (Wildman–Crippen MR) is 80.1 cm³/mol.